The molecule has 0 N–H and O–H groups in total. The fraction of sp³-hybridized carbons (Fsp3) is 1.00. The Hall–Kier alpha value is 0.920. The molecule has 3 heteroatoms. The monoisotopic (exact) mass is 272 g/mol. The van der Waals surface area contributed by atoms with Crippen LogP contribution in [0.25, 0.3) is 0 Å². The van der Waals surface area contributed by atoms with Crippen LogP contribution in [0, 0.1) is 5.92 Å². The highest BCUT2D eigenvalue weighted by atomic mass is 79.9. The summed E-state index contributed by atoms with van der Waals surface area (Å²) in [6.07, 6.45) is 1.19. The molecule has 0 aromatic carbocycles. The van der Waals surface area contributed by atoms with Crippen LogP contribution in [0.2, 0.25) is 0 Å². The SMILES string of the molecule is CCOC[C@@H](CBr)CCBr. The van der Waals surface area contributed by atoms with Gasteiger partial charge in [0.15, 0.2) is 0 Å². The van der Waals surface area contributed by atoms with Crippen LogP contribution in [-0.4, -0.2) is 23.9 Å². The molecule has 0 radical (unpaired) electrons. The van der Waals surface area contributed by atoms with Crippen molar-refractivity contribution >= 4 is 31.9 Å². The summed E-state index contributed by atoms with van der Waals surface area (Å²) in [4.78, 5) is 0. The van der Waals surface area contributed by atoms with Crippen molar-refractivity contribution in [3.05, 3.63) is 0 Å². The molecule has 0 heterocycles. The van der Waals surface area contributed by atoms with Gasteiger partial charge in [0.2, 0.25) is 0 Å². The Morgan fingerprint density at radius 2 is 2.10 bits per heavy atom. The van der Waals surface area contributed by atoms with Crippen molar-refractivity contribution < 1.29 is 4.74 Å². The predicted molar refractivity (Wildman–Crippen MR) is 52.2 cm³/mol. The average molecular weight is 274 g/mol. The molecule has 0 amide bonds. The Kier molecular flexibility index (Phi) is 8.76. The molecule has 0 aromatic rings. The second-order valence-corrected chi connectivity index (χ2v) is 3.60. The van der Waals surface area contributed by atoms with Crippen LogP contribution in [0.15, 0.2) is 0 Å². The van der Waals surface area contributed by atoms with Gasteiger partial charge in [0, 0.05) is 17.3 Å². The first-order chi connectivity index (χ1) is 4.85. The number of halogens is 2. The van der Waals surface area contributed by atoms with E-state index in [1.165, 1.54) is 6.42 Å². The van der Waals surface area contributed by atoms with Gasteiger partial charge in [-0.3, -0.25) is 0 Å². The van der Waals surface area contributed by atoms with Crippen LogP contribution >= 0.6 is 31.9 Å². The first-order valence-corrected chi connectivity index (χ1v) is 5.79. The maximum atomic E-state index is 5.29. The summed E-state index contributed by atoms with van der Waals surface area (Å²) in [6.45, 7) is 3.73. The molecule has 0 aliphatic heterocycles. The molecule has 0 spiro atoms. The predicted octanol–water partition coefficient (Wildman–Crippen LogP) is 2.82. The lowest BCUT2D eigenvalue weighted by Crippen LogP contribution is -2.11. The summed E-state index contributed by atoms with van der Waals surface area (Å²) in [5, 5.41) is 2.11. The molecule has 0 aliphatic carbocycles. The smallest absolute Gasteiger partial charge is 0.0502 e. The highest BCUT2D eigenvalue weighted by Gasteiger charge is 2.04. The Morgan fingerprint density at radius 1 is 1.40 bits per heavy atom. The van der Waals surface area contributed by atoms with Gasteiger partial charge in [-0.1, -0.05) is 31.9 Å². The number of hydrogen-bond donors (Lipinski definition) is 0. The van der Waals surface area contributed by atoms with E-state index in [4.69, 9.17) is 4.74 Å². The van der Waals surface area contributed by atoms with E-state index in [2.05, 4.69) is 31.9 Å². The summed E-state index contributed by atoms with van der Waals surface area (Å²) in [6, 6.07) is 0. The molecule has 0 aliphatic rings. The van der Waals surface area contributed by atoms with Gasteiger partial charge in [-0.05, 0) is 19.3 Å². The van der Waals surface area contributed by atoms with Crippen LogP contribution < -0.4 is 0 Å². The number of alkyl halides is 2. The van der Waals surface area contributed by atoms with Crippen LogP contribution in [0.5, 0.6) is 0 Å². The quantitative estimate of drug-likeness (QED) is 0.677. The molecular formula is C7H14Br2O. The summed E-state index contributed by atoms with van der Waals surface area (Å²) >= 11 is 6.85. The minimum atomic E-state index is 0.666. The van der Waals surface area contributed by atoms with Gasteiger partial charge < -0.3 is 4.74 Å². The Bertz CT molecular complexity index is 68.6. The second kappa shape index (κ2) is 8.02. The molecule has 0 aromatic heterocycles. The van der Waals surface area contributed by atoms with Gasteiger partial charge in [0.25, 0.3) is 0 Å². The van der Waals surface area contributed by atoms with E-state index in [9.17, 15) is 0 Å². The summed E-state index contributed by atoms with van der Waals surface area (Å²) < 4.78 is 5.29. The molecule has 62 valence electrons. The lowest BCUT2D eigenvalue weighted by atomic mass is 10.1. The van der Waals surface area contributed by atoms with Crippen LogP contribution in [0.4, 0.5) is 0 Å². The normalized spacial score (nSPS) is 13.5. The van der Waals surface area contributed by atoms with Crippen LogP contribution in [0.3, 0.4) is 0 Å². The molecule has 0 saturated carbocycles. The van der Waals surface area contributed by atoms with Crippen molar-refractivity contribution in [3.8, 4) is 0 Å². The molecule has 0 fully saturated rings. The Balaban J connectivity index is 3.21. The third-order valence-corrected chi connectivity index (χ3v) is 2.67. The first-order valence-electron chi connectivity index (χ1n) is 3.54. The minimum Gasteiger partial charge on any atom is -0.381 e. The van der Waals surface area contributed by atoms with E-state index < -0.39 is 0 Å². The van der Waals surface area contributed by atoms with Crippen molar-refractivity contribution in [2.24, 2.45) is 5.92 Å². The molecular weight excluding hydrogens is 260 g/mol. The van der Waals surface area contributed by atoms with Gasteiger partial charge >= 0.3 is 0 Å². The fourth-order valence-electron chi connectivity index (χ4n) is 0.644. The first kappa shape index (κ1) is 10.9. The topological polar surface area (TPSA) is 9.23 Å². The van der Waals surface area contributed by atoms with E-state index in [0.29, 0.717) is 5.92 Å². The lowest BCUT2D eigenvalue weighted by molar-refractivity contribution is 0.117. The van der Waals surface area contributed by atoms with Crippen LogP contribution in [-0.2, 0) is 4.74 Å². The third-order valence-electron chi connectivity index (χ3n) is 1.29. The van der Waals surface area contributed by atoms with Gasteiger partial charge in [0.1, 0.15) is 0 Å². The largest absolute Gasteiger partial charge is 0.381 e. The van der Waals surface area contributed by atoms with Gasteiger partial charge in [-0.25, -0.2) is 0 Å². The molecule has 0 saturated heterocycles. The number of ether oxygens (including phenoxy) is 1. The zero-order chi connectivity index (χ0) is 7.82. The van der Waals surface area contributed by atoms with Crippen molar-refractivity contribution in [1.82, 2.24) is 0 Å². The van der Waals surface area contributed by atoms with E-state index in [0.717, 1.165) is 23.9 Å². The number of rotatable bonds is 6. The van der Waals surface area contributed by atoms with Gasteiger partial charge in [0.05, 0.1) is 6.61 Å². The molecule has 0 unspecified atom stereocenters. The molecule has 0 rings (SSSR count). The van der Waals surface area contributed by atoms with Crippen molar-refractivity contribution in [2.45, 2.75) is 13.3 Å². The Morgan fingerprint density at radius 3 is 2.50 bits per heavy atom. The van der Waals surface area contributed by atoms with E-state index in [-0.39, 0.29) is 0 Å². The van der Waals surface area contributed by atoms with Crippen molar-refractivity contribution in [1.29, 1.82) is 0 Å². The zero-order valence-corrected chi connectivity index (χ0v) is 9.45. The minimum absolute atomic E-state index is 0.666. The zero-order valence-electron chi connectivity index (χ0n) is 6.28. The molecule has 1 nitrogen and oxygen atoms in total. The van der Waals surface area contributed by atoms with E-state index in [1.807, 2.05) is 6.92 Å². The standard InChI is InChI=1S/C7H14Br2O/c1-2-10-6-7(5-9)3-4-8/h7H,2-6H2,1H3/t7-/m1/s1. The van der Waals surface area contributed by atoms with Crippen molar-refractivity contribution in [2.75, 3.05) is 23.9 Å². The fourth-order valence-corrected chi connectivity index (χ4v) is 1.80. The highest BCUT2D eigenvalue weighted by molar-refractivity contribution is 9.09. The maximum Gasteiger partial charge on any atom is 0.0502 e. The Labute approximate surface area is 79.8 Å². The maximum absolute atomic E-state index is 5.29. The highest BCUT2D eigenvalue weighted by Crippen LogP contribution is 2.09. The van der Waals surface area contributed by atoms with E-state index >= 15 is 0 Å². The summed E-state index contributed by atoms with van der Waals surface area (Å²) in [5.74, 6) is 0.666. The van der Waals surface area contributed by atoms with Gasteiger partial charge in [-0.2, -0.15) is 0 Å². The van der Waals surface area contributed by atoms with Crippen LogP contribution in [0.1, 0.15) is 13.3 Å². The molecule has 0 bridgehead atoms. The lowest BCUT2D eigenvalue weighted by Gasteiger charge is -2.10. The third kappa shape index (κ3) is 5.69. The van der Waals surface area contributed by atoms with Crippen molar-refractivity contribution in [3.63, 3.8) is 0 Å². The summed E-state index contributed by atoms with van der Waals surface area (Å²) in [5.41, 5.74) is 0. The molecule has 1 atom stereocenters. The van der Waals surface area contributed by atoms with E-state index in [1.54, 1.807) is 0 Å². The number of hydrogen-bond acceptors (Lipinski definition) is 1. The molecule has 10 heavy (non-hydrogen) atoms. The average Bonchev–Trinajstić information content (AvgIpc) is 1.98. The summed E-state index contributed by atoms with van der Waals surface area (Å²) in [7, 11) is 0. The van der Waals surface area contributed by atoms with Gasteiger partial charge in [-0.15, -0.1) is 0 Å². The second-order valence-electron chi connectivity index (χ2n) is 2.16.